The number of alkyl halides is 1. The van der Waals surface area contributed by atoms with Gasteiger partial charge in [0.25, 0.3) is 0 Å². The van der Waals surface area contributed by atoms with Crippen molar-refractivity contribution >= 4 is 27.5 Å². The van der Waals surface area contributed by atoms with E-state index in [-0.39, 0.29) is 10.6 Å². The minimum atomic E-state index is -0.276. The molecule has 0 radical (unpaired) electrons. The average Bonchev–Trinajstić information content (AvgIpc) is 2.70. The van der Waals surface area contributed by atoms with E-state index in [1.165, 1.54) is 12.1 Å². The second kappa shape index (κ2) is 6.24. The van der Waals surface area contributed by atoms with Crippen molar-refractivity contribution in [2.75, 3.05) is 13.2 Å². The summed E-state index contributed by atoms with van der Waals surface area (Å²) in [6.45, 7) is 1.23. The Balaban J connectivity index is 2.00. The molecule has 1 aliphatic heterocycles. The average molecular weight is 372 g/mol. The summed E-state index contributed by atoms with van der Waals surface area (Å²) in [7, 11) is 0. The van der Waals surface area contributed by atoms with E-state index in [2.05, 4.69) is 15.9 Å². The summed E-state index contributed by atoms with van der Waals surface area (Å²) >= 11 is 9.92. The monoisotopic (exact) mass is 370 g/mol. The zero-order valence-electron chi connectivity index (χ0n) is 11.1. The van der Waals surface area contributed by atoms with Crippen LogP contribution in [0.2, 0.25) is 5.02 Å². The molecule has 2 aromatic rings. The number of hydrogen-bond donors (Lipinski definition) is 0. The van der Waals surface area contributed by atoms with Crippen molar-refractivity contribution in [3.63, 3.8) is 0 Å². The normalized spacial score (nSPS) is 15.4. The molecule has 21 heavy (non-hydrogen) atoms. The smallest absolute Gasteiger partial charge is 0.162 e. The van der Waals surface area contributed by atoms with Crippen LogP contribution in [0.5, 0.6) is 11.5 Å². The molecule has 2 aromatic carbocycles. The van der Waals surface area contributed by atoms with Crippen LogP contribution in [0.3, 0.4) is 0 Å². The number of benzene rings is 2. The van der Waals surface area contributed by atoms with E-state index in [0.29, 0.717) is 29.7 Å². The van der Waals surface area contributed by atoms with E-state index >= 15 is 0 Å². The Morgan fingerprint density at radius 2 is 1.81 bits per heavy atom. The first-order valence-corrected chi connectivity index (χ1v) is 7.93. The summed E-state index contributed by atoms with van der Waals surface area (Å²) in [5.41, 5.74) is 1.62. The summed E-state index contributed by atoms with van der Waals surface area (Å²) in [6, 6.07) is 10.0. The number of rotatable bonds is 2. The van der Waals surface area contributed by atoms with Gasteiger partial charge in [0.05, 0.1) is 18.0 Å². The van der Waals surface area contributed by atoms with Crippen LogP contribution in [-0.4, -0.2) is 13.2 Å². The maximum Gasteiger partial charge on any atom is 0.162 e. The number of halogens is 3. The lowest BCUT2D eigenvalue weighted by molar-refractivity contribution is 0.297. The minimum Gasteiger partial charge on any atom is -0.490 e. The summed E-state index contributed by atoms with van der Waals surface area (Å²) in [6.07, 6.45) is 0.837. The van der Waals surface area contributed by atoms with Gasteiger partial charge in [0.15, 0.2) is 11.5 Å². The Hall–Kier alpha value is -1.26. The van der Waals surface area contributed by atoms with Crippen LogP contribution in [0, 0.1) is 5.82 Å². The van der Waals surface area contributed by atoms with Gasteiger partial charge >= 0.3 is 0 Å². The molecule has 0 bridgehead atoms. The van der Waals surface area contributed by atoms with E-state index in [0.717, 1.165) is 17.5 Å². The molecule has 1 unspecified atom stereocenters. The molecule has 1 aliphatic rings. The fourth-order valence-electron chi connectivity index (χ4n) is 2.24. The van der Waals surface area contributed by atoms with Crippen LogP contribution >= 0.6 is 27.5 Å². The van der Waals surface area contributed by atoms with Gasteiger partial charge in [0.2, 0.25) is 0 Å². The van der Waals surface area contributed by atoms with E-state index < -0.39 is 0 Å². The van der Waals surface area contributed by atoms with Gasteiger partial charge in [-0.15, -0.1) is 0 Å². The van der Waals surface area contributed by atoms with Gasteiger partial charge in [-0.25, -0.2) is 4.39 Å². The Kier molecular flexibility index (Phi) is 4.36. The Morgan fingerprint density at radius 1 is 1.10 bits per heavy atom. The van der Waals surface area contributed by atoms with Crippen LogP contribution < -0.4 is 9.47 Å². The van der Waals surface area contributed by atoms with Gasteiger partial charge in [-0.2, -0.15) is 0 Å². The maximum absolute atomic E-state index is 13.4. The van der Waals surface area contributed by atoms with Gasteiger partial charge < -0.3 is 9.47 Å². The molecule has 2 nitrogen and oxygen atoms in total. The van der Waals surface area contributed by atoms with Gasteiger partial charge in [-0.05, 0) is 29.3 Å². The Labute approximate surface area is 136 Å². The highest BCUT2D eigenvalue weighted by Crippen LogP contribution is 2.42. The Morgan fingerprint density at radius 3 is 2.52 bits per heavy atom. The summed E-state index contributed by atoms with van der Waals surface area (Å²) in [5.74, 6) is 1.05. The lowest BCUT2D eigenvalue weighted by Gasteiger charge is -2.16. The highest BCUT2D eigenvalue weighted by atomic mass is 79.9. The standard InChI is InChI=1S/C16H13BrClFO2/c17-16(10-3-1-4-11(19)7-10)12-8-14-15(9-13(12)18)21-6-2-5-20-14/h1,3-4,7-9,16H,2,5-6H2. The first-order valence-electron chi connectivity index (χ1n) is 6.64. The third-order valence-corrected chi connectivity index (χ3v) is 4.63. The number of ether oxygens (including phenoxy) is 2. The zero-order chi connectivity index (χ0) is 14.8. The Bertz CT molecular complexity index is 663. The van der Waals surface area contributed by atoms with Crippen molar-refractivity contribution in [1.82, 2.24) is 0 Å². The van der Waals surface area contributed by atoms with Gasteiger partial charge in [0.1, 0.15) is 5.82 Å². The van der Waals surface area contributed by atoms with Crippen molar-refractivity contribution < 1.29 is 13.9 Å². The molecule has 0 fully saturated rings. The quantitative estimate of drug-likeness (QED) is 0.682. The summed E-state index contributed by atoms with van der Waals surface area (Å²) in [4.78, 5) is -0.210. The zero-order valence-corrected chi connectivity index (χ0v) is 13.5. The number of fused-ring (bicyclic) bond motifs is 1. The van der Waals surface area contributed by atoms with Crippen LogP contribution in [0.4, 0.5) is 4.39 Å². The van der Waals surface area contributed by atoms with Gasteiger partial charge in [-0.3, -0.25) is 0 Å². The maximum atomic E-state index is 13.4. The fraction of sp³-hybridized carbons (Fsp3) is 0.250. The van der Waals surface area contributed by atoms with Crippen LogP contribution in [0.1, 0.15) is 22.4 Å². The van der Waals surface area contributed by atoms with Crippen molar-refractivity contribution in [3.05, 3.63) is 58.4 Å². The van der Waals surface area contributed by atoms with Crippen molar-refractivity contribution in [2.45, 2.75) is 11.2 Å². The minimum absolute atomic E-state index is 0.210. The molecular weight excluding hydrogens is 359 g/mol. The predicted molar refractivity (Wildman–Crippen MR) is 84.2 cm³/mol. The van der Waals surface area contributed by atoms with Gasteiger partial charge in [0, 0.05) is 17.5 Å². The number of hydrogen-bond acceptors (Lipinski definition) is 2. The lowest BCUT2D eigenvalue weighted by atomic mass is 10.0. The second-order valence-corrected chi connectivity index (χ2v) is 6.11. The van der Waals surface area contributed by atoms with E-state index in [1.54, 1.807) is 12.1 Å². The van der Waals surface area contributed by atoms with E-state index in [1.807, 2.05) is 12.1 Å². The first-order chi connectivity index (χ1) is 10.1. The molecule has 0 saturated carbocycles. The molecule has 0 aliphatic carbocycles. The van der Waals surface area contributed by atoms with E-state index in [4.69, 9.17) is 21.1 Å². The molecular formula is C16H13BrClFO2. The second-order valence-electron chi connectivity index (χ2n) is 4.79. The molecule has 3 rings (SSSR count). The van der Waals surface area contributed by atoms with E-state index in [9.17, 15) is 4.39 Å². The molecule has 110 valence electrons. The van der Waals surface area contributed by atoms with Crippen LogP contribution in [0.25, 0.3) is 0 Å². The third kappa shape index (κ3) is 3.16. The van der Waals surface area contributed by atoms with Gasteiger partial charge in [-0.1, -0.05) is 39.7 Å². The molecule has 0 amide bonds. The molecule has 0 spiro atoms. The van der Waals surface area contributed by atoms with Crippen molar-refractivity contribution in [3.8, 4) is 11.5 Å². The molecule has 0 saturated heterocycles. The summed E-state index contributed by atoms with van der Waals surface area (Å²) in [5, 5.41) is 0.561. The summed E-state index contributed by atoms with van der Waals surface area (Å²) < 4.78 is 24.7. The lowest BCUT2D eigenvalue weighted by Crippen LogP contribution is -1.98. The molecule has 0 N–H and O–H groups in total. The molecule has 0 aromatic heterocycles. The third-order valence-electron chi connectivity index (χ3n) is 3.28. The first kappa shape index (κ1) is 14.7. The predicted octanol–water partition coefficient (Wildman–Crippen LogP) is 5.12. The van der Waals surface area contributed by atoms with Crippen LogP contribution in [0.15, 0.2) is 36.4 Å². The highest BCUT2D eigenvalue weighted by molar-refractivity contribution is 9.09. The molecule has 1 heterocycles. The molecule has 5 heteroatoms. The topological polar surface area (TPSA) is 18.5 Å². The molecule has 1 atom stereocenters. The highest BCUT2D eigenvalue weighted by Gasteiger charge is 2.20. The van der Waals surface area contributed by atoms with Crippen molar-refractivity contribution in [1.29, 1.82) is 0 Å². The van der Waals surface area contributed by atoms with Crippen LogP contribution in [-0.2, 0) is 0 Å². The SMILES string of the molecule is Fc1cccc(C(Br)c2cc3c(cc2Cl)OCCCO3)c1. The fourth-order valence-corrected chi connectivity index (χ4v) is 3.30. The largest absolute Gasteiger partial charge is 0.490 e. The van der Waals surface area contributed by atoms with Crippen molar-refractivity contribution in [2.24, 2.45) is 0 Å².